The summed E-state index contributed by atoms with van der Waals surface area (Å²) in [6.45, 7) is 1.68. The molecule has 2 aromatic carbocycles. The predicted octanol–water partition coefficient (Wildman–Crippen LogP) is 3.98. The molecule has 0 radical (unpaired) electrons. The SMILES string of the molecule is O=C(Cc1ccccc1C(=O)O)Nc1cccc(CSC2CCOCC2)c1. The van der Waals surface area contributed by atoms with Crippen LogP contribution in [0.5, 0.6) is 0 Å². The summed E-state index contributed by atoms with van der Waals surface area (Å²) in [5.41, 5.74) is 2.57. The number of carboxylic acids is 1. The van der Waals surface area contributed by atoms with Crippen LogP contribution in [0.25, 0.3) is 0 Å². The maximum absolute atomic E-state index is 12.4. The molecule has 0 aromatic heterocycles. The quantitative estimate of drug-likeness (QED) is 0.754. The summed E-state index contributed by atoms with van der Waals surface area (Å²) < 4.78 is 5.39. The van der Waals surface area contributed by atoms with Crippen molar-refractivity contribution in [3.8, 4) is 0 Å². The Morgan fingerprint density at radius 1 is 1.11 bits per heavy atom. The van der Waals surface area contributed by atoms with E-state index >= 15 is 0 Å². The van der Waals surface area contributed by atoms with Crippen molar-refractivity contribution in [2.75, 3.05) is 18.5 Å². The zero-order valence-electron chi connectivity index (χ0n) is 15.0. The second-order valence-electron chi connectivity index (χ2n) is 6.51. The minimum atomic E-state index is -1.02. The number of ether oxygens (including phenoxy) is 1. The van der Waals surface area contributed by atoms with Crippen LogP contribution in [0.15, 0.2) is 48.5 Å². The zero-order valence-corrected chi connectivity index (χ0v) is 15.8. The molecule has 1 heterocycles. The lowest BCUT2D eigenvalue weighted by Crippen LogP contribution is -2.17. The smallest absolute Gasteiger partial charge is 0.335 e. The molecule has 1 amide bonds. The van der Waals surface area contributed by atoms with Gasteiger partial charge in [-0.3, -0.25) is 4.79 Å². The highest BCUT2D eigenvalue weighted by molar-refractivity contribution is 7.99. The fourth-order valence-corrected chi connectivity index (χ4v) is 4.19. The van der Waals surface area contributed by atoms with Crippen molar-refractivity contribution in [3.05, 3.63) is 65.2 Å². The van der Waals surface area contributed by atoms with Crippen molar-refractivity contribution in [1.29, 1.82) is 0 Å². The van der Waals surface area contributed by atoms with Gasteiger partial charge in [0.15, 0.2) is 0 Å². The minimum Gasteiger partial charge on any atom is -0.478 e. The van der Waals surface area contributed by atoms with E-state index in [4.69, 9.17) is 4.74 Å². The summed E-state index contributed by atoms with van der Waals surface area (Å²) in [5.74, 6) is -0.348. The van der Waals surface area contributed by atoms with Crippen molar-refractivity contribution in [2.24, 2.45) is 0 Å². The van der Waals surface area contributed by atoms with Crippen molar-refractivity contribution in [1.82, 2.24) is 0 Å². The molecule has 0 aliphatic carbocycles. The fraction of sp³-hybridized carbons (Fsp3) is 0.333. The molecule has 1 aliphatic rings. The first-order valence-electron chi connectivity index (χ1n) is 9.01. The van der Waals surface area contributed by atoms with Crippen LogP contribution in [0.4, 0.5) is 5.69 Å². The summed E-state index contributed by atoms with van der Waals surface area (Å²) in [5, 5.41) is 12.7. The Morgan fingerprint density at radius 2 is 1.89 bits per heavy atom. The average molecular weight is 385 g/mol. The average Bonchev–Trinajstić information content (AvgIpc) is 2.67. The van der Waals surface area contributed by atoms with Crippen molar-refractivity contribution >= 4 is 29.3 Å². The molecule has 142 valence electrons. The van der Waals surface area contributed by atoms with Crippen LogP contribution < -0.4 is 5.32 Å². The van der Waals surface area contributed by atoms with E-state index in [1.807, 2.05) is 30.0 Å². The predicted molar refractivity (Wildman–Crippen MR) is 107 cm³/mol. The highest BCUT2D eigenvalue weighted by atomic mass is 32.2. The Hall–Kier alpha value is -2.31. The summed E-state index contributed by atoms with van der Waals surface area (Å²) in [6.07, 6.45) is 2.21. The van der Waals surface area contributed by atoms with Crippen LogP contribution in [0, 0.1) is 0 Å². The molecule has 0 spiro atoms. The number of nitrogens with one attached hydrogen (secondary N) is 1. The molecule has 0 bridgehead atoms. The van der Waals surface area contributed by atoms with Gasteiger partial charge in [-0.05, 0) is 42.2 Å². The van der Waals surface area contributed by atoms with E-state index in [0.29, 0.717) is 10.8 Å². The summed E-state index contributed by atoms with van der Waals surface area (Å²) in [4.78, 5) is 23.6. The third-order valence-corrected chi connectivity index (χ3v) is 5.91. The van der Waals surface area contributed by atoms with E-state index in [2.05, 4.69) is 11.4 Å². The van der Waals surface area contributed by atoms with E-state index in [1.165, 1.54) is 6.07 Å². The largest absolute Gasteiger partial charge is 0.478 e. The second kappa shape index (κ2) is 9.58. The molecule has 2 aromatic rings. The number of hydrogen-bond acceptors (Lipinski definition) is 4. The maximum Gasteiger partial charge on any atom is 0.335 e. The third-order valence-electron chi connectivity index (χ3n) is 4.46. The van der Waals surface area contributed by atoms with Crippen molar-refractivity contribution < 1.29 is 19.4 Å². The Labute approximate surface area is 163 Å². The number of amides is 1. The number of rotatable bonds is 7. The van der Waals surface area contributed by atoms with Gasteiger partial charge in [-0.2, -0.15) is 11.8 Å². The first-order valence-corrected chi connectivity index (χ1v) is 10.1. The topological polar surface area (TPSA) is 75.6 Å². The molecule has 0 atom stereocenters. The van der Waals surface area contributed by atoms with Crippen molar-refractivity contribution in [2.45, 2.75) is 30.3 Å². The molecule has 1 saturated heterocycles. The van der Waals surface area contributed by atoms with E-state index in [9.17, 15) is 14.7 Å². The van der Waals surface area contributed by atoms with Crippen LogP contribution in [0.1, 0.15) is 34.3 Å². The normalized spacial score (nSPS) is 14.7. The first kappa shape index (κ1) is 19.5. The Kier molecular flexibility index (Phi) is 6.90. The fourth-order valence-electron chi connectivity index (χ4n) is 3.06. The van der Waals surface area contributed by atoms with Crippen LogP contribution in [0.3, 0.4) is 0 Å². The number of carboxylic acid groups (broad SMARTS) is 1. The van der Waals surface area contributed by atoms with E-state index in [1.54, 1.807) is 18.2 Å². The van der Waals surface area contributed by atoms with Gasteiger partial charge in [-0.1, -0.05) is 30.3 Å². The van der Waals surface area contributed by atoms with E-state index in [-0.39, 0.29) is 17.9 Å². The lowest BCUT2D eigenvalue weighted by Gasteiger charge is -2.21. The highest BCUT2D eigenvalue weighted by Gasteiger charge is 2.15. The Bertz CT molecular complexity index is 802. The Morgan fingerprint density at radius 3 is 2.67 bits per heavy atom. The number of benzene rings is 2. The van der Waals surface area contributed by atoms with E-state index < -0.39 is 5.97 Å². The van der Waals surface area contributed by atoms with Gasteiger partial charge in [-0.15, -0.1) is 0 Å². The number of anilines is 1. The van der Waals surface area contributed by atoms with Crippen molar-refractivity contribution in [3.63, 3.8) is 0 Å². The minimum absolute atomic E-state index is 0.0313. The van der Waals surface area contributed by atoms with Gasteiger partial charge in [0.1, 0.15) is 0 Å². The van der Waals surface area contributed by atoms with Crippen LogP contribution in [0.2, 0.25) is 0 Å². The molecule has 0 saturated carbocycles. The van der Waals surface area contributed by atoms with Gasteiger partial charge >= 0.3 is 5.97 Å². The van der Waals surface area contributed by atoms with Gasteiger partial charge in [0.25, 0.3) is 0 Å². The van der Waals surface area contributed by atoms with Crippen LogP contribution in [-0.2, 0) is 21.7 Å². The molecule has 3 rings (SSSR count). The maximum atomic E-state index is 12.4. The standard InChI is InChI=1S/C21H23NO4S/c23-20(13-16-5-1-2-7-19(16)21(24)25)22-17-6-3-4-15(12-17)14-27-18-8-10-26-11-9-18/h1-7,12,18H,8-11,13-14H2,(H,22,23)(H,24,25). The molecule has 27 heavy (non-hydrogen) atoms. The summed E-state index contributed by atoms with van der Waals surface area (Å²) >= 11 is 1.93. The lowest BCUT2D eigenvalue weighted by molar-refractivity contribution is -0.115. The molecule has 0 unspecified atom stereocenters. The molecule has 1 fully saturated rings. The van der Waals surface area contributed by atoms with Gasteiger partial charge < -0.3 is 15.2 Å². The summed E-state index contributed by atoms with van der Waals surface area (Å²) in [6, 6.07) is 14.4. The van der Waals surface area contributed by atoms with Gasteiger partial charge in [0.2, 0.25) is 5.91 Å². The lowest BCUT2D eigenvalue weighted by atomic mass is 10.0. The Balaban J connectivity index is 1.57. The molecular formula is C21H23NO4S. The molecule has 6 heteroatoms. The third kappa shape index (κ3) is 5.84. The molecular weight excluding hydrogens is 362 g/mol. The van der Waals surface area contributed by atoms with Crippen LogP contribution in [-0.4, -0.2) is 35.4 Å². The molecule has 1 aliphatic heterocycles. The number of carbonyl (C=O) groups excluding carboxylic acids is 1. The molecule has 2 N–H and O–H groups in total. The number of hydrogen-bond donors (Lipinski definition) is 2. The first-order chi connectivity index (χ1) is 13.1. The van der Waals surface area contributed by atoms with Crippen LogP contribution >= 0.6 is 11.8 Å². The summed E-state index contributed by atoms with van der Waals surface area (Å²) in [7, 11) is 0. The number of carbonyl (C=O) groups is 2. The monoisotopic (exact) mass is 385 g/mol. The van der Waals surface area contributed by atoms with Gasteiger partial charge in [0.05, 0.1) is 12.0 Å². The van der Waals surface area contributed by atoms with E-state index in [0.717, 1.165) is 43.1 Å². The van der Waals surface area contributed by atoms with Gasteiger partial charge in [-0.25, -0.2) is 4.79 Å². The second-order valence-corrected chi connectivity index (χ2v) is 7.80. The van der Waals surface area contributed by atoms with Gasteiger partial charge in [0, 0.05) is 29.9 Å². The zero-order chi connectivity index (χ0) is 19.1. The number of thioether (sulfide) groups is 1. The number of aromatic carboxylic acids is 1. The highest BCUT2D eigenvalue weighted by Crippen LogP contribution is 2.26. The molecule has 5 nitrogen and oxygen atoms in total.